The van der Waals surface area contributed by atoms with Gasteiger partial charge in [0.05, 0.1) is 5.69 Å². The van der Waals surface area contributed by atoms with Crippen LogP contribution in [-0.4, -0.2) is 9.97 Å². The number of nitrogens with zero attached hydrogens (tertiary/aromatic N) is 2. The van der Waals surface area contributed by atoms with Gasteiger partial charge in [0.15, 0.2) is 5.82 Å². The third-order valence-corrected chi connectivity index (χ3v) is 5.78. The molecule has 0 saturated heterocycles. The highest BCUT2D eigenvalue weighted by atomic mass is 16.3. The minimum atomic E-state index is 0.718. The van der Waals surface area contributed by atoms with E-state index in [4.69, 9.17) is 14.4 Å². The fraction of sp³-hybridized carbons (Fsp3) is 0.0345. The van der Waals surface area contributed by atoms with Crippen molar-refractivity contribution < 1.29 is 4.42 Å². The summed E-state index contributed by atoms with van der Waals surface area (Å²) >= 11 is 0. The Kier molecular flexibility index (Phi) is 4.32. The van der Waals surface area contributed by atoms with Gasteiger partial charge in [-0.05, 0) is 48.4 Å². The number of hydrogen-bond donors (Lipinski definition) is 0. The molecular weight excluding hydrogens is 392 g/mol. The van der Waals surface area contributed by atoms with E-state index in [1.54, 1.807) is 0 Å². The molecule has 152 valence electrons. The van der Waals surface area contributed by atoms with Gasteiger partial charge in [0, 0.05) is 27.6 Å². The van der Waals surface area contributed by atoms with Crippen molar-refractivity contribution in [3.05, 3.63) is 109 Å². The van der Waals surface area contributed by atoms with Crippen molar-refractivity contribution in [3.63, 3.8) is 0 Å². The summed E-state index contributed by atoms with van der Waals surface area (Å²) in [5, 5.41) is 2.18. The van der Waals surface area contributed by atoms with Crippen LogP contribution in [0.2, 0.25) is 0 Å². The van der Waals surface area contributed by atoms with Crippen LogP contribution in [-0.2, 0) is 0 Å². The van der Waals surface area contributed by atoms with E-state index in [1.807, 2.05) is 43.3 Å². The topological polar surface area (TPSA) is 38.9 Å². The summed E-state index contributed by atoms with van der Waals surface area (Å²) in [6.45, 7) is 2.02. The van der Waals surface area contributed by atoms with E-state index in [0.29, 0.717) is 0 Å². The third-order valence-electron chi connectivity index (χ3n) is 5.78. The van der Waals surface area contributed by atoms with Crippen molar-refractivity contribution in [2.75, 3.05) is 0 Å². The van der Waals surface area contributed by atoms with Crippen molar-refractivity contribution in [2.45, 2.75) is 6.92 Å². The Bertz CT molecular complexity index is 1580. The van der Waals surface area contributed by atoms with Crippen molar-refractivity contribution in [1.29, 1.82) is 0 Å². The molecule has 32 heavy (non-hydrogen) atoms. The monoisotopic (exact) mass is 412 g/mol. The molecule has 3 heteroatoms. The Balaban J connectivity index is 1.52. The standard InChI is InChI=1S/C29H20N2O/c1-19-17-26(23-12-6-5-11-22(23)20-9-3-2-4-10-20)31-29(30-19)21-15-16-28-25(18-21)24-13-7-8-14-27(24)32-28/h2-18H,1H3. The first-order valence-electron chi connectivity index (χ1n) is 10.7. The van der Waals surface area contributed by atoms with Crippen LogP contribution in [0.3, 0.4) is 0 Å². The normalized spacial score (nSPS) is 11.3. The largest absolute Gasteiger partial charge is 0.456 e. The van der Waals surface area contributed by atoms with E-state index in [9.17, 15) is 0 Å². The van der Waals surface area contributed by atoms with Gasteiger partial charge < -0.3 is 4.42 Å². The molecule has 2 aromatic heterocycles. The first-order chi connectivity index (χ1) is 15.8. The molecule has 0 fully saturated rings. The maximum Gasteiger partial charge on any atom is 0.160 e. The fourth-order valence-corrected chi connectivity index (χ4v) is 4.28. The van der Waals surface area contributed by atoms with E-state index in [-0.39, 0.29) is 0 Å². The summed E-state index contributed by atoms with van der Waals surface area (Å²) in [6, 6.07) is 35.2. The first kappa shape index (κ1) is 18.5. The van der Waals surface area contributed by atoms with Gasteiger partial charge in [-0.2, -0.15) is 0 Å². The van der Waals surface area contributed by atoms with E-state index in [1.165, 1.54) is 5.56 Å². The summed E-state index contributed by atoms with van der Waals surface area (Å²) in [7, 11) is 0. The Labute approximate surface area is 186 Å². The lowest BCUT2D eigenvalue weighted by Gasteiger charge is -2.11. The maximum atomic E-state index is 5.98. The number of aromatic nitrogens is 2. The average molecular weight is 412 g/mol. The molecule has 0 amide bonds. The lowest BCUT2D eigenvalue weighted by molar-refractivity contribution is 0.669. The van der Waals surface area contributed by atoms with Crippen LogP contribution < -0.4 is 0 Å². The van der Waals surface area contributed by atoms with Crippen LogP contribution >= 0.6 is 0 Å². The Morgan fingerprint density at radius 1 is 0.562 bits per heavy atom. The highest BCUT2D eigenvalue weighted by Gasteiger charge is 2.13. The molecule has 6 aromatic rings. The van der Waals surface area contributed by atoms with Crippen molar-refractivity contribution >= 4 is 21.9 Å². The van der Waals surface area contributed by atoms with Gasteiger partial charge in [-0.1, -0.05) is 72.8 Å². The zero-order valence-electron chi connectivity index (χ0n) is 17.6. The molecule has 0 spiro atoms. The van der Waals surface area contributed by atoms with Crippen LogP contribution in [0.25, 0.3) is 55.7 Å². The first-order valence-corrected chi connectivity index (χ1v) is 10.7. The summed E-state index contributed by atoms with van der Waals surface area (Å²) in [5.41, 5.74) is 8.03. The smallest absolute Gasteiger partial charge is 0.160 e. The second-order valence-corrected chi connectivity index (χ2v) is 7.94. The van der Waals surface area contributed by atoms with Gasteiger partial charge in [-0.25, -0.2) is 9.97 Å². The SMILES string of the molecule is Cc1cc(-c2ccccc2-c2ccccc2)nc(-c2ccc3oc4ccccc4c3c2)n1. The number of hydrogen-bond acceptors (Lipinski definition) is 3. The lowest BCUT2D eigenvalue weighted by atomic mass is 9.97. The van der Waals surface area contributed by atoms with Crippen molar-refractivity contribution in [3.8, 4) is 33.8 Å². The molecule has 2 heterocycles. The Morgan fingerprint density at radius 3 is 2.16 bits per heavy atom. The van der Waals surface area contributed by atoms with Crippen molar-refractivity contribution in [1.82, 2.24) is 9.97 Å². The minimum Gasteiger partial charge on any atom is -0.456 e. The highest BCUT2D eigenvalue weighted by Crippen LogP contribution is 2.34. The second kappa shape index (κ2) is 7.47. The molecule has 0 saturated carbocycles. The molecule has 0 aliphatic heterocycles. The highest BCUT2D eigenvalue weighted by molar-refractivity contribution is 6.06. The summed E-state index contributed by atoms with van der Waals surface area (Å²) in [6.07, 6.45) is 0. The number of para-hydroxylation sites is 1. The van der Waals surface area contributed by atoms with Crippen molar-refractivity contribution in [2.24, 2.45) is 0 Å². The van der Waals surface area contributed by atoms with Gasteiger partial charge in [-0.15, -0.1) is 0 Å². The Hall–Kier alpha value is -4.24. The van der Waals surface area contributed by atoms with Gasteiger partial charge in [0.1, 0.15) is 11.2 Å². The number of rotatable bonds is 3. The summed E-state index contributed by atoms with van der Waals surface area (Å²) in [5.74, 6) is 0.718. The molecule has 0 aliphatic carbocycles. The average Bonchev–Trinajstić information content (AvgIpc) is 3.22. The number of fused-ring (bicyclic) bond motifs is 3. The summed E-state index contributed by atoms with van der Waals surface area (Å²) in [4.78, 5) is 9.75. The van der Waals surface area contributed by atoms with Crippen LogP contribution in [0.1, 0.15) is 5.69 Å². The van der Waals surface area contributed by atoms with Gasteiger partial charge in [0.2, 0.25) is 0 Å². The van der Waals surface area contributed by atoms with Crippen LogP contribution in [0.5, 0.6) is 0 Å². The van der Waals surface area contributed by atoms with Gasteiger partial charge in [0.25, 0.3) is 0 Å². The second-order valence-electron chi connectivity index (χ2n) is 7.94. The number of furan rings is 1. The van der Waals surface area contributed by atoms with E-state index < -0.39 is 0 Å². The molecular formula is C29H20N2O. The van der Waals surface area contributed by atoms with Crippen LogP contribution in [0, 0.1) is 6.92 Å². The van der Waals surface area contributed by atoms with E-state index in [0.717, 1.165) is 55.8 Å². The quantitative estimate of drug-likeness (QED) is 0.299. The summed E-state index contributed by atoms with van der Waals surface area (Å²) < 4.78 is 5.98. The molecule has 0 bridgehead atoms. The Morgan fingerprint density at radius 2 is 1.28 bits per heavy atom. The van der Waals surface area contributed by atoms with Crippen LogP contribution in [0.15, 0.2) is 108 Å². The molecule has 0 N–H and O–H groups in total. The van der Waals surface area contributed by atoms with Gasteiger partial charge >= 0.3 is 0 Å². The number of benzene rings is 4. The fourth-order valence-electron chi connectivity index (χ4n) is 4.28. The molecule has 0 atom stereocenters. The minimum absolute atomic E-state index is 0.718. The van der Waals surface area contributed by atoms with E-state index in [2.05, 4.69) is 66.7 Å². The lowest BCUT2D eigenvalue weighted by Crippen LogP contribution is -1.96. The molecule has 4 aromatic carbocycles. The van der Waals surface area contributed by atoms with E-state index >= 15 is 0 Å². The van der Waals surface area contributed by atoms with Gasteiger partial charge in [-0.3, -0.25) is 0 Å². The predicted octanol–water partition coefficient (Wildman–Crippen LogP) is 7.69. The molecule has 0 aliphatic rings. The predicted molar refractivity (Wildman–Crippen MR) is 130 cm³/mol. The zero-order chi connectivity index (χ0) is 21.5. The molecule has 3 nitrogen and oxygen atoms in total. The molecule has 0 unspecified atom stereocenters. The van der Waals surface area contributed by atoms with Crippen LogP contribution in [0.4, 0.5) is 0 Å². The maximum absolute atomic E-state index is 5.98. The third kappa shape index (κ3) is 3.15. The zero-order valence-corrected chi connectivity index (χ0v) is 17.6. The molecule has 6 rings (SSSR count). The number of aryl methyl sites for hydroxylation is 1. The molecule has 0 radical (unpaired) electrons.